The summed E-state index contributed by atoms with van der Waals surface area (Å²) in [7, 11) is 0. The van der Waals surface area contributed by atoms with Crippen molar-refractivity contribution in [3.05, 3.63) is 64.7 Å². The fraction of sp³-hybridized carbons (Fsp3) is 0.400. The first-order chi connectivity index (χ1) is 15.7. The molecule has 168 valence electrons. The summed E-state index contributed by atoms with van der Waals surface area (Å²) in [4.78, 5) is 38.9. The van der Waals surface area contributed by atoms with Crippen LogP contribution in [0, 0.1) is 0 Å². The minimum Gasteiger partial charge on any atom is -0.489 e. The minimum absolute atomic E-state index is 0.194. The number of morpholine rings is 1. The maximum Gasteiger partial charge on any atom is 0.255 e. The molecule has 7 heteroatoms. The van der Waals surface area contributed by atoms with Gasteiger partial charge in [0.25, 0.3) is 5.91 Å². The topological polar surface area (TPSA) is 76.2 Å². The third-order valence-electron chi connectivity index (χ3n) is 6.02. The summed E-state index contributed by atoms with van der Waals surface area (Å²) in [6.45, 7) is 5.11. The van der Waals surface area contributed by atoms with Crippen LogP contribution in [-0.4, -0.2) is 60.6 Å². The van der Waals surface area contributed by atoms with Crippen molar-refractivity contribution < 1.29 is 23.9 Å². The summed E-state index contributed by atoms with van der Waals surface area (Å²) in [5.74, 6) is 0.455. The Morgan fingerprint density at radius 3 is 2.50 bits per heavy atom. The van der Waals surface area contributed by atoms with Crippen molar-refractivity contribution in [1.29, 1.82) is 0 Å². The summed E-state index contributed by atoms with van der Waals surface area (Å²) in [5.41, 5.74) is 3.65. The quantitative estimate of drug-likeness (QED) is 0.533. The number of ether oxygens (including phenoxy) is 2. The number of carbonyl (C=O) groups excluding carboxylic acids is 3. The van der Waals surface area contributed by atoms with Crippen molar-refractivity contribution >= 4 is 18.5 Å². The van der Waals surface area contributed by atoms with Crippen LogP contribution in [-0.2, 0) is 34.0 Å². The van der Waals surface area contributed by atoms with Gasteiger partial charge in [-0.05, 0) is 29.7 Å². The van der Waals surface area contributed by atoms with E-state index in [2.05, 4.69) is 29.2 Å². The largest absolute Gasteiger partial charge is 0.489 e. The van der Waals surface area contributed by atoms with Crippen LogP contribution in [0.15, 0.2) is 42.5 Å². The van der Waals surface area contributed by atoms with Gasteiger partial charge in [0.15, 0.2) is 0 Å². The number of benzene rings is 2. The first-order valence-electron chi connectivity index (χ1n) is 11.0. The van der Waals surface area contributed by atoms with Gasteiger partial charge in [-0.15, -0.1) is 0 Å². The molecule has 0 aromatic heterocycles. The highest BCUT2D eigenvalue weighted by Gasteiger charge is 2.34. The number of rotatable bonds is 10. The van der Waals surface area contributed by atoms with E-state index in [-0.39, 0.29) is 12.3 Å². The number of hydrogen-bond donors (Lipinski definition) is 0. The lowest BCUT2D eigenvalue weighted by Gasteiger charge is -2.26. The molecule has 1 atom stereocenters. The molecule has 4 rings (SSSR count). The molecular formula is C25H28N2O5. The summed E-state index contributed by atoms with van der Waals surface area (Å²) in [6, 6.07) is 13.2. The van der Waals surface area contributed by atoms with Gasteiger partial charge < -0.3 is 24.0 Å². The van der Waals surface area contributed by atoms with Gasteiger partial charge in [0.1, 0.15) is 24.9 Å². The Morgan fingerprint density at radius 1 is 1.03 bits per heavy atom. The molecule has 0 N–H and O–H groups in total. The zero-order valence-corrected chi connectivity index (χ0v) is 18.1. The Kier molecular flexibility index (Phi) is 7.29. The molecule has 2 aromatic carbocycles. The van der Waals surface area contributed by atoms with Gasteiger partial charge in [0.05, 0.1) is 25.8 Å². The molecule has 2 aliphatic heterocycles. The van der Waals surface area contributed by atoms with E-state index in [1.807, 2.05) is 6.07 Å². The third-order valence-corrected chi connectivity index (χ3v) is 6.02. The molecule has 2 aliphatic rings. The predicted octanol–water partition coefficient (Wildman–Crippen LogP) is 2.60. The molecule has 0 spiro atoms. The van der Waals surface area contributed by atoms with Crippen LogP contribution in [0.4, 0.5) is 0 Å². The lowest BCUT2D eigenvalue weighted by Crippen LogP contribution is -2.36. The first kappa shape index (κ1) is 22.2. The Balaban J connectivity index is 1.39. The average molecular weight is 437 g/mol. The normalized spacial score (nSPS) is 17.1. The van der Waals surface area contributed by atoms with E-state index < -0.39 is 6.04 Å². The van der Waals surface area contributed by atoms with Gasteiger partial charge in [-0.25, -0.2) is 0 Å². The molecule has 0 aliphatic carbocycles. The fourth-order valence-corrected chi connectivity index (χ4v) is 4.18. The molecule has 0 bridgehead atoms. The molecular weight excluding hydrogens is 408 g/mol. The Bertz CT molecular complexity index is 953. The SMILES string of the molecule is O=CCCC(C=O)N1Cc2c(OCc3ccc(CN4CCOCC4)cc3)cccc2C1=O. The Hall–Kier alpha value is -3.03. The second-order valence-electron chi connectivity index (χ2n) is 8.16. The first-order valence-corrected chi connectivity index (χ1v) is 11.0. The van der Waals surface area contributed by atoms with E-state index >= 15 is 0 Å². The summed E-state index contributed by atoms with van der Waals surface area (Å²) >= 11 is 0. The predicted molar refractivity (Wildman–Crippen MR) is 118 cm³/mol. The van der Waals surface area contributed by atoms with Gasteiger partial charge in [0, 0.05) is 37.2 Å². The van der Waals surface area contributed by atoms with Gasteiger partial charge in [-0.2, -0.15) is 0 Å². The number of carbonyl (C=O) groups is 3. The zero-order valence-electron chi connectivity index (χ0n) is 18.1. The number of aldehydes is 2. The van der Waals surface area contributed by atoms with Gasteiger partial charge >= 0.3 is 0 Å². The van der Waals surface area contributed by atoms with Crippen LogP contribution >= 0.6 is 0 Å². The number of hydrogen-bond acceptors (Lipinski definition) is 6. The Labute approximate surface area is 187 Å². The standard InChI is InChI=1S/C25H28N2O5/c28-12-2-3-21(17-29)27-16-23-22(25(27)30)4-1-5-24(23)32-18-20-8-6-19(7-9-20)15-26-10-13-31-14-11-26/h1,4-9,12,17,21H,2-3,10-11,13-16,18H2. The van der Waals surface area contributed by atoms with Gasteiger partial charge in [0.2, 0.25) is 0 Å². The van der Waals surface area contributed by atoms with Crippen LogP contribution < -0.4 is 4.74 Å². The highest BCUT2D eigenvalue weighted by atomic mass is 16.5. The number of nitrogens with zero attached hydrogens (tertiary/aromatic N) is 2. The van der Waals surface area contributed by atoms with Crippen LogP contribution in [0.3, 0.4) is 0 Å². The van der Waals surface area contributed by atoms with E-state index in [1.165, 1.54) is 10.5 Å². The maximum atomic E-state index is 12.8. The van der Waals surface area contributed by atoms with Crippen molar-refractivity contribution in [2.45, 2.75) is 38.6 Å². The smallest absolute Gasteiger partial charge is 0.255 e. The zero-order chi connectivity index (χ0) is 22.3. The summed E-state index contributed by atoms with van der Waals surface area (Å²) < 4.78 is 11.5. The van der Waals surface area contributed by atoms with Crippen LogP contribution in [0.5, 0.6) is 5.75 Å². The third kappa shape index (κ3) is 5.06. The van der Waals surface area contributed by atoms with Crippen molar-refractivity contribution in [1.82, 2.24) is 9.80 Å². The van der Waals surface area contributed by atoms with E-state index in [4.69, 9.17) is 9.47 Å². The molecule has 0 saturated carbocycles. The Morgan fingerprint density at radius 2 is 1.78 bits per heavy atom. The monoisotopic (exact) mass is 436 g/mol. The van der Waals surface area contributed by atoms with Gasteiger partial charge in [-0.1, -0.05) is 30.3 Å². The molecule has 1 saturated heterocycles. The fourth-order valence-electron chi connectivity index (χ4n) is 4.18. The lowest BCUT2D eigenvalue weighted by atomic mass is 10.1. The molecule has 0 radical (unpaired) electrons. The van der Waals surface area contributed by atoms with E-state index in [0.717, 1.165) is 56.5 Å². The average Bonchev–Trinajstić information content (AvgIpc) is 3.17. The number of fused-ring (bicyclic) bond motifs is 1. The number of amides is 1. The highest BCUT2D eigenvalue weighted by Crippen LogP contribution is 2.33. The summed E-state index contributed by atoms with van der Waals surface area (Å²) in [6.07, 6.45) is 2.09. The molecule has 1 fully saturated rings. The van der Waals surface area contributed by atoms with Crippen molar-refractivity contribution in [2.75, 3.05) is 26.3 Å². The van der Waals surface area contributed by atoms with Crippen LogP contribution in [0.25, 0.3) is 0 Å². The second-order valence-corrected chi connectivity index (χ2v) is 8.16. The minimum atomic E-state index is -0.605. The van der Waals surface area contributed by atoms with Gasteiger partial charge in [-0.3, -0.25) is 9.69 Å². The van der Waals surface area contributed by atoms with Crippen molar-refractivity contribution in [3.63, 3.8) is 0 Å². The second kappa shape index (κ2) is 10.5. The molecule has 32 heavy (non-hydrogen) atoms. The van der Waals surface area contributed by atoms with Crippen LogP contribution in [0.1, 0.15) is 39.9 Å². The van der Waals surface area contributed by atoms with Crippen molar-refractivity contribution in [2.24, 2.45) is 0 Å². The molecule has 2 aromatic rings. The highest BCUT2D eigenvalue weighted by molar-refractivity contribution is 6.00. The lowest BCUT2D eigenvalue weighted by molar-refractivity contribution is -0.112. The van der Waals surface area contributed by atoms with Crippen LogP contribution in [0.2, 0.25) is 0 Å². The van der Waals surface area contributed by atoms with E-state index in [1.54, 1.807) is 12.1 Å². The van der Waals surface area contributed by atoms with E-state index in [9.17, 15) is 14.4 Å². The molecule has 7 nitrogen and oxygen atoms in total. The van der Waals surface area contributed by atoms with Crippen molar-refractivity contribution in [3.8, 4) is 5.75 Å². The van der Waals surface area contributed by atoms with E-state index in [0.29, 0.717) is 30.9 Å². The maximum absolute atomic E-state index is 12.8. The molecule has 1 unspecified atom stereocenters. The molecule has 2 heterocycles. The summed E-state index contributed by atoms with van der Waals surface area (Å²) in [5, 5.41) is 0. The molecule has 1 amide bonds.